The van der Waals surface area contributed by atoms with E-state index in [1.54, 1.807) is 4.90 Å². The first-order valence-electron chi connectivity index (χ1n) is 16.9. The summed E-state index contributed by atoms with van der Waals surface area (Å²) in [5.74, 6) is 0.882. The van der Waals surface area contributed by atoms with E-state index in [-0.39, 0.29) is 25.4 Å². The lowest BCUT2D eigenvalue weighted by Gasteiger charge is -2.21. The molecule has 3 aromatic carbocycles. The predicted molar refractivity (Wildman–Crippen MR) is 183 cm³/mol. The first-order chi connectivity index (χ1) is 23.3. The fourth-order valence-electron chi connectivity index (χ4n) is 5.75. The largest absolute Gasteiger partial charge is 0.494 e. The van der Waals surface area contributed by atoms with E-state index in [0.29, 0.717) is 74.3 Å². The summed E-state index contributed by atoms with van der Waals surface area (Å²) in [7, 11) is 0. The average Bonchev–Trinajstić information content (AvgIpc) is 3.09. The molecule has 10 nitrogen and oxygen atoms in total. The Morgan fingerprint density at radius 1 is 0.729 bits per heavy atom. The Hall–Kier alpha value is -4.73. The number of carbonyl (C=O) groups is 3. The first-order valence-corrected chi connectivity index (χ1v) is 16.9. The molecule has 2 N–H and O–H groups in total. The number of ether oxygens (including phenoxy) is 4. The number of aliphatic carboxylic acids is 2. The van der Waals surface area contributed by atoms with Crippen molar-refractivity contribution in [2.75, 3.05) is 39.5 Å². The average molecular weight is 662 g/mol. The molecule has 258 valence electrons. The summed E-state index contributed by atoms with van der Waals surface area (Å²) in [5, 5.41) is 18.2. The summed E-state index contributed by atoms with van der Waals surface area (Å²) < 4.78 is 23.5. The number of nitrogens with zero attached hydrogens (tertiary/aromatic N) is 1. The monoisotopic (exact) mass is 661 g/mol. The van der Waals surface area contributed by atoms with Crippen LogP contribution in [0.3, 0.4) is 0 Å². The van der Waals surface area contributed by atoms with E-state index >= 15 is 0 Å². The second-order valence-electron chi connectivity index (χ2n) is 11.7. The van der Waals surface area contributed by atoms with Crippen LogP contribution >= 0.6 is 0 Å². The Balaban J connectivity index is 1.34. The van der Waals surface area contributed by atoms with Crippen molar-refractivity contribution in [3.8, 4) is 34.1 Å². The van der Waals surface area contributed by atoms with Crippen molar-refractivity contribution in [3.63, 3.8) is 0 Å². The van der Waals surface area contributed by atoms with Crippen molar-refractivity contribution in [3.05, 3.63) is 71.3 Å². The van der Waals surface area contributed by atoms with Crippen LogP contribution in [0.15, 0.2) is 54.6 Å². The highest BCUT2D eigenvalue weighted by Gasteiger charge is 2.18. The van der Waals surface area contributed by atoms with Gasteiger partial charge in [-0.1, -0.05) is 31.0 Å². The van der Waals surface area contributed by atoms with Crippen molar-refractivity contribution < 1.29 is 43.5 Å². The van der Waals surface area contributed by atoms with E-state index in [1.807, 2.05) is 68.4 Å². The van der Waals surface area contributed by atoms with Crippen molar-refractivity contribution >= 4 is 17.8 Å². The predicted octanol–water partition coefficient (Wildman–Crippen LogP) is 7.05. The molecule has 0 spiro atoms. The van der Waals surface area contributed by atoms with Crippen LogP contribution in [-0.2, 0) is 22.4 Å². The second kappa shape index (κ2) is 18.6. The summed E-state index contributed by atoms with van der Waals surface area (Å²) in [4.78, 5) is 37.2. The first kappa shape index (κ1) is 36.1. The summed E-state index contributed by atoms with van der Waals surface area (Å²) >= 11 is 0. The van der Waals surface area contributed by atoms with Crippen LogP contribution in [0.2, 0.25) is 0 Å². The maximum absolute atomic E-state index is 13.3. The third-order valence-corrected chi connectivity index (χ3v) is 8.30. The van der Waals surface area contributed by atoms with Gasteiger partial charge in [0.25, 0.3) is 5.91 Å². The Labute approximate surface area is 282 Å². The summed E-state index contributed by atoms with van der Waals surface area (Å²) in [5.41, 5.74) is 4.30. The Bertz CT molecular complexity index is 1530. The summed E-state index contributed by atoms with van der Waals surface area (Å²) in [6.45, 7) is 6.95. The molecule has 0 unspecified atom stereocenters. The van der Waals surface area contributed by atoms with Crippen LogP contribution < -0.4 is 18.9 Å². The Morgan fingerprint density at radius 3 is 2.21 bits per heavy atom. The van der Waals surface area contributed by atoms with Crippen molar-refractivity contribution in [2.45, 2.75) is 71.6 Å². The van der Waals surface area contributed by atoms with Crippen LogP contribution in [-0.4, -0.2) is 72.5 Å². The van der Waals surface area contributed by atoms with Gasteiger partial charge in [-0.15, -0.1) is 0 Å². The molecule has 1 heterocycles. The molecule has 0 fully saturated rings. The van der Waals surface area contributed by atoms with Gasteiger partial charge in [-0.3, -0.25) is 14.4 Å². The molecular formula is C38H47NO9. The smallest absolute Gasteiger partial charge is 0.303 e. The number of amides is 1. The fourth-order valence-corrected chi connectivity index (χ4v) is 5.75. The lowest BCUT2D eigenvalue weighted by Crippen LogP contribution is -2.30. The van der Waals surface area contributed by atoms with Gasteiger partial charge in [0.2, 0.25) is 0 Å². The molecule has 0 radical (unpaired) electrons. The topological polar surface area (TPSA) is 132 Å². The highest BCUT2D eigenvalue weighted by Crippen LogP contribution is 2.36. The van der Waals surface area contributed by atoms with E-state index in [9.17, 15) is 19.5 Å². The van der Waals surface area contributed by atoms with Gasteiger partial charge in [-0.05, 0) is 105 Å². The van der Waals surface area contributed by atoms with Crippen LogP contribution in [0.4, 0.5) is 0 Å². The minimum Gasteiger partial charge on any atom is -0.494 e. The van der Waals surface area contributed by atoms with Crippen molar-refractivity contribution in [1.82, 2.24) is 4.90 Å². The molecule has 0 bridgehead atoms. The number of carboxylic acid groups (broad SMARTS) is 2. The summed E-state index contributed by atoms with van der Waals surface area (Å²) in [6, 6.07) is 17.2. The van der Waals surface area contributed by atoms with Gasteiger partial charge in [0, 0.05) is 31.5 Å². The molecule has 3 aromatic rings. The molecule has 48 heavy (non-hydrogen) atoms. The van der Waals surface area contributed by atoms with E-state index in [1.165, 1.54) is 0 Å². The third-order valence-electron chi connectivity index (χ3n) is 8.30. The maximum Gasteiger partial charge on any atom is 0.303 e. The Morgan fingerprint density at radius 2 is 1.46 bits per heavy atom. The van der Waals surface area contributed by atoms with E-state index in [4.69, 9.17) is 24.1 Å². The number of aryl methyl sites for hydroxylation is 1. The molecule has 0 aliphatic carbocycles. The standard InChI is InChI=1S/C38H47NO9/c1-3-39(4-2)38(44)30-23-29(28-15-17-34-35(26-28)48-22-21-47-34)24-31(25-30)45-19-8-6-5-7-11-27-12-9-13-33(32(27)16-18-37(42)43)46-20-10-14-36(40)41/h9,12-13,15,17,23-26H,3-8,10-11,14,16,18-22H2,1-2H3,(H,40,41)(H,42,43). The molecule has 0 saturated carbocycles. The number of rotatable bonds is 20. The number of carbonyl (C=O) groups excluding carboxylic acids is 1. The third kappa shape index (κ3) is 10.7. The second-order valence-corrected chi connectivity index (χ2v) is 11.7. The zero-order valence-electron chi connectivity index (χ0n) is 28.0. The number of carboxylic acids is 2. The molecule has 0 saturated heterocycles. The number of benzene rings is 3. The summed E-state index contributed by atoms with van der Waals surface area (Å²) in [6.07, 6.45) is 5.23. The van der Waals surface area contributed by atoms with E-state index in [0.717, 1.165) is 54.4 Å². The molecule has 0 atom stereocenters. The highest BCUT2D eigenvalue weighted by atomic mass is 16.6. The minimum absolute atomic E-state index is 0.00205. The lowest BCUT2D eigenvalue weighted by molar-refractivity contribution is -0.138. The van der Waals surface area contributed by atoms with Crippen LogP contribution in [0, 0.1) is 0 Å². The molecular weight excluding hydrogens is 614 g/mol. The molecule has 1 aliphatic heterocycles. The van der Waals surface area contributed by atoms with Crippen LogP contribution in [0.5, 0.6) is 23.0 Å². The van der Waals surface area contributed by atoms with Gasteiger partial charge in [0.05, 0.1) is 13.2 Å². The zero-order valence-corrected chi connectivity index (χ0v) is 28.0. The van der Waals surface area contributed by atoms with Gasteiger partial charge >= 0.3 is 11.9 Å². The fraction of sp³-hybridized carbons (Fsp3) is 0.447. The van der Waals surface area contributed by atoms with Gasteiger partial charge in [-0.2, -0.15) is 0 Å². The molecule has 1 amide bonds. The maximum atomic E-state index is 13.3. The number of hydrogen-bond donors (Lipinski definition) is 2. The van der Waals surface area contributed by atoms with Crippen LogP contribution in [0.1, 0.15) is 80.3 Å². The quantitative estimate of drug-likeness (QED) is 0.122. The molecule has 4 rings (SSSR count). The van der Waals surface area contributed by atoms with E-state index < -0.39 is 11.9 Å². The lowest BCUT2D eigenvalue weighted by atomic mass is 9.97. The highest BCUT2D eigenvalue weighted by molar-refractivity contribution is 5.96. The normalized spacial score (nSPS) is 12.0. The molecule has 0 aromatic heterocycles. The van der Waals surface area contributed by atoms with Crippen molar-refractivity contribution in [2.24, 2.45) is 0 Å². The molecule has 1 aliphatic rings. The van der Waals surface area contributed by atoms with E-state index in [2.05, 4.69) is 0 Å². The SMILES string of the molecule is CCN(CC)C(=O)c1cc(OCCCCCCc2cccc(OCCCC(=O)O)c2CCC(=O)O)cc(-c2ccc3c(c2)OCCO3)c1. The Kier molecular flexibility index (Phi) is 14.0. The van der Waals surface area contributed by atoms with Crippen molar-refractivity contribution in [1.29, 1.82) is 0 Å². The number of hydrogen-bond acceptors (Lipinski definition) is 7. The minimum atomic E-state index is -0.872. The van der Waals surface area contributed by atoms with Gasteiger partial charge in [0.1, 0.15) is 24.7 Å². The van der Waals surface area contributed by atoms with Gasteiger partial charge in [-0.25, -0.2) is 0 Å². The van der Waals surface area contributed by atoms with Gasteiger partial charge in [0.15, 0.2) is 11.5 Å². The van der Waals surface area contributed by atoms with Gasteiger partial charge < -0.3 is 34.1 Å². The number of fused-ring (bicyclic) bond motifs is 1. The zero-order chi connectivity index (χ0) is 34.3. The van der Waals surface area contributed by atoms with Crippen LogP contribution in [0.25, 0.3) is 11.1 Å². The number of unbranched alkanes of at least 4 members (excludes halogenated alkanes) is 3. The molecule has 10 heteroatoms.